The Morgan fingerprint density at radius 3 is 2.63 bits per heavy atom. The SMILES string of the molecule is O=C(NC1CCOCC1)c1cccc(-c2ccccn2)c1-c1cccnc1. The van der Waals surface area contributed by atoms with Crippen LogP contribution < -0.4 is 5.32 Å². The topological polar surface area (TPSA) is 64.1 Å². The first-order chi connectivity index (χ1) is 13.3. The molecule has 3 heterocycles. The van der Waals surface area contributed by atoms with Crippen LogP contribution in [0, 0.1) is 0 Å². The lowest BCUT2D eigenvalue weighted by atomic mass is 9.92. The minimum atomic E-state index is -0.0708. The van der Waals surface area contributed by atoms with Crippen molar-refractivity contribution in [2.75, 3.05) is 13.2 Å². The summed E-state index contributed by atoms with van der Waals surface area (Å²) >= 11 is 0. The number of aromatic nitrogens is 2. The van der Waals surface area contributed by atoms with Crippen LogP contribution in [0.1, 0.15) is 23.2 Å². The van der Waals surface area contributed by atoms with Gasteiger partial charge >= 0.3 is 0 Å². The number of nitrogens with zero attached hydrogens (tertiary/aromatic N) is 2. The molecule has 1 N–H and O–H groups in total. The molecule has 0 bridgehead atoms. The maximum atomic E-state index is 13.1. The summed E-state index contributed by atoms with van der Waals surface area (Å²) in [6.07, 6.45) is 6.96. The number of hydrogen-bond donors (Lipinski definition) is 1. The van der Waals surface area contributed by atoms with E-state index in [4.69, 9.17) is 4.74 Å². The molecule has 0 atom stereocenters. The highest BCUT2D eigenvalue weighted by Gasteiger charge is 2.21. The maximum Gasteiger partial charge on any atom is 0.252 e. The Morgan fingerprint density at radius 2 is 1.89 bits per heavy atom. The number of ether oxygens (including phenoxy) is 1. The van der Waals surface area contributed by atoms with Gasteiger partial charge in [0.2, 0.25) is 0 Å². The lowest BCUT2D eigenvalue weighted by Gasteiger charge is -2.24. The third kappa shape index (κ3) is 3.88. The van der Waals surface area contributed by atoms with Crippen LogP contribution in [0.15, 0.2) is 67.1 Å². The smallest absolute Gasteiger partial charge is 0.252 e. The fourth-order valence-corrected chi connectivity index (χ4v) is 3.40. The average molecular weight is 359 g/mol. The summed E-state index contributed by atoms with van der Waals surface area (Å²) in [4.78, 5) is 21.8. The molecule has 0 radical (unpaired) electrons. The van der Waals surface area contributed by atoms with Gasteiger partial charge in [0.1, 0.15) is 0 Å². The van der Waals surface area contributed by atoms with Crippen molar-refractivity contribution in [2.24, 2.45) is 0 Å². The van der Waals surface area contributed by atoms with E-state index in [1.54, 1.807) is 18.6 Å². The Bertz CT molecular complexity index is 907. The Kier molecular flexibility index (Phi) is 5.21. The first kappa shape index (κ1) is 17.4. The van der Waals surface area contributed by atoms with E-state index >= 15 is 0 Å². The van der Waals surface area contributed by atoms with Crippen molar-refractivity contribution in [3.05, 3.63) is 72.7 Å². The van der Waals surface area contributed by atoms with Crippen molar-refractivity contribution < 1.29 is 9.53 Å². The van der Waals surface area contributed by atoms with Crippen LogP contribution >= 0.6 is 0 Å². The molecule has 3 aromatic rings. The molecule has 0 aliphatic carbocycles. The van der Waals surface area contributed by atoms with Gasteiger partial charge in [-0.25, -0.2) is 0 Å². The van der Waals surface area contributed by atoms with Gasteiger partial charge < -0.3 is 10.1 Å². The number of nitrogens with one attached hydrogen (secondary N) is 1. The van der Waals surface area contributed by atoms with E-state index in [2.05, 4.69) is 15.3 Å². The van der Waals surface area contributed by atoms with E-state index in [9.17, 15) is 4.79 Å². The Labute approximate surface area is 158 Å². The monoisotopic (exact) mass is 359 g/mol. The van der Waals surface area contributed by atoms with Gasteiger partial charge in [0.15, 0.2) is 0 Å². The standard InChI is InChI=1S/C22H21N3O2/c26-22(25-17-9-13-27-14-10-17)19-7-3-6-18(20-8-1-2-12-24-20)21(19)16-5-4-11-23-15-16/h1-8,11-12,15,17H,9-10,13-14H2,(H,25,26). The van der Waals surface area contributed by atoms with Crippen molar-refractivity contribution in [1.29, 1.82) is 0 Å². The number of carbonyl (C=O) groups excluding carboxylic acids is 1. The van der Waals surface area contributed by atoms with Crippen LogP contribution in [0.4, 0.5) is 0 Å². The summed E-state index contributed by atoms with van der Waals surface area (Å²) in [7, 11) is 0. The van der Waals surface area contributed by atoms with E-state index < -0.39 is 0 Å². The molecular formula is C22H21N3O2. The second-order valence-electron chi connectivity index (χ2n) is 6.54. The molecule has 2 aromatic heterocycles. The maximum absolute atomic E-state index is 13.1. The first-order valence-corrected chi connectivity index (χ1v) is 9.16. The molecule has 136 valence electrons. The fraction of sp³-hybridized carbons (Fsp3) is 0.227. The highest BCUT2D eigenvalue weighted by molar-refractivity contribution is 6.04. The molecule has 4 rings (SSSR count). The molecule has 5 heteroatoms. The largest absolute Gasteiger partial charge is 0.381 e. The molecule has 1 aliphatic rings. The Hall–Kier alpha value is -3.05. The molecule has 1 aromatic carbocycles. The van der Waals surface area contributed by atoms with Gasteiger partial charge in [0.25, 0.3) is 5.91 Å². The molecule has 1 amide bonds. The summed E-state index contributed by atoms with van der Waals surface area (Å²) in [5.41, 5.74) is 4.14. The van der Waals surface area contributed by atoms with E-state index in [0.717, 1.165) is 35.2 Å². The number of amides is 1. The number of benzene rings is 1. The molecule has 27 heavy (non-hydrogen) atoms. The summed E-state index contributed by atoms with van der Waals surface area (Å²) in [6.45, 7) is 1.38. The van der Waals surface area contributed by atoms with Crippen LogP contribution in [0.3, 0.4) is 0 Å². The fourth-order valence-electron chi connectivity index (χ4n) is 3.40. The first-order valence-electron chi connectivity index (χ1n) is 9.16. The van der Waals surface area contributed by atoms with Crippen LogP contribution in [0.2, 0.25) is 0 Å². The molecule has 0 saturated carbocycles. The van der Waals surface area contributed by atoms with Gasteiger partial charge in [-0.1, -0.05) is 24.3 Å². The summed E-state index contributed by atoms with van der Waals surface area (Å²) < 4.78 is 5.39. The van der Waals surface area contributed by atoms with Gasteiger partial charge in [0.05, 0.1) is 5.69 Å². The van der Waals surface area contributed by atoms with Crippen LogP contribution in [-0.2, 0) is 4.74 Å². The average Bonchev–Trinajstić information content (AvgIpc) is 2.75. The van der Waals surface area contributed by atoms with Gasteiger partial charge in [-0.3, -0.25) is 14.8 Å². The zero-order valence-electron chi connectivity index (χ0n) is 15.0. The summed E-state index contributed by atoms with van der Waals surface area (Å²) in [5, 5.41) is 3.16. The van der Waals surface area contributed by atoms with Gasteiger partial charge in [0, 0.05) is 60.1 Å². The van der Waals surface area contributed by atoms with Crippen molar-refractivity contribution >= 4 is 5.91 Å². The summed E-state index contributed by atoms with van der Waals surface area (Å²) in [6, 6.07) is 15.5. The summed E-state index contributed by atoms with van der Waals surface area (Å²) in [5.74, 6) is -0.0708. The van der Waals surface area contributed by atoms with Crippen molar-refractivity contribution in [2.45, 2.75) is 18.9 Å². The third-order valence-electron chi connectivity index (χ3n) is 4.76. The van der Waals surface area contributed by atoms with Crippen molar-refractivity contribution in [3.8, 4) is 22.4 Å². The van der Waals surface area contributed by atoms with Crippen LogP contribution in [0.25, 0.3) is 22.4 Å². The Morgan fingerprint density at radius 1 is 1.00 bits per heavy atom. The number of rotatable bonds is 4. The second-order valence-corrected chi connectivity index (χ2v) is 6.54. The van der Waals surface area contributed by atoms with Gasteiger partial charge in [-0.15, -0.1) is 0 Å². The van der Waals surface area contributed by atoms with Crippen LogP contribution in [0.5, 0.6) is 0 Å². The molecular weight excluding hydrogens is 338 g/mol. The van der Waals surface area contributed by atoms with Crippen molar-refractivity contribution in [3.63, 3.8) is 0 Å². The molecule has 1 saturated heterocycles. The normalized spacial score (nSPS) is 14.7. The highest BCUT2D eigenvalue weighted by Crippen LogP contribution is 2.33. The van der Waals surface area contributed by atoms with E-state index in [-0.39, 0.29) is 11.9 Å². The lowest BCUT2D eigenvalue weighted by molar-refractivity contribution is 0.0697. The zero-order valence-corrected chi connectivity index (χ0v) is 15.0. The van der Waals surface area contributed by atoms with Crippen LogP contribution in [-0.4, -0.2) is 35.1 Å². The zero-order chi connectivity index (χ0) is 18.5. The third-order valence-corrected chi connectivity index (χ3v) is 4.76. The van der Waals surface area contributed by atoms with Gasteiger partial charge in [-0.2, -0.15) is 0 Å². The predicted octanol–water partition coefficient (Wildman–Crippen LogP) is 3.72. The second kappa shape index (κ2) is 8.10. The lowest BCUT2D eigenvalue weighted by Crippen LogP contribution is -2.39. The van der Waals surface area contributed by atoms with E-state index in [0.29, 0.717) is 18.8 Å². The molecule has 5 nitrogen and oxygen atoms in total. The number of carbonyl (C=O) groups is 1. The highest BCUT2D eigenvalue weighted by atomic mass is 16.5. The quantitative estimate of drug-likeness (QED) is 0.771. The number of pyridine rings is 2. The van der Waals surface area contributed by atoms with Crippen molar-refractivity contribution in [1.82, 2.24) is 15.3 Å². The molecule has 1 fully saturated rings. The molecule has 0 spiro atoms. The van der Waals surface area contributed by atoms with Gasteiger partial charge in [-0.05, 0) is 37.1 Å². The molecule has 1 aliphatic heterocycles. The van der Waals surface area contributed by atoms with E-state index in [1.807, 2.05) is 48.5 Å². The number of hydrogen-bond acceptors (Lipinski definition) is 4. The van der Waals surface area contributed by atoms with E-state index in [1.165, 1.54) is 0 Å². The Balaban J connectivity index is 1.78. The minimum absolute atomic E-state index is 0.0708. The molecule has 0 unspecified atom stereocenters. The predicted molar refractivity (Wildman–Crippen MR) is 104 cm³/mol. The minimum Gasteiger partial charge on any atom is -0.381 e.